The maximum atomic E-state index is 13.8. The molecule has 0 unspecified atom stereocenters. The second-order valence-corrected chi connectivity index (χ2v) is 7.38. The van der Waals surface area contributed by atoms with Gasteiger partial charge >= 0.3 is 5.97 Å². The fraction of sp³-hybridized carbons (Fsp3) is 0.500. The zero-order chi connectivity index (χ0) is 20.3. The number of nitrogens with one attached hydrogen (secondary N) is 1. The largest absolute Gasteiger partial charge is 0.460 e. The van der Waals surface area contributed by atoms with E-state index in [0.29, 0.717) is 21.9 Å². The van der Waals surface area contributed by atoms with Crippen molar-refractivity contribution < 1.29 is 23.0 Å². The maximum absolute atomic E-state index is 13.8. The summed E-state index contributed by atoms with van der Waals surface area (Å²) in [5.74, 6) is -2.45. The van der Waals surface area contributed by atoms with Gasteiger partial charge in [0.1, 0.15) is 6.61 Å². The average Bonchev–Trinajstić information content (AvgIpc) is 3.18. The van der Waals surface area contributed by atoms with E-state index < -0.39 is 23.6 Å². The van der Waals surface area contributed by atoms with Gasteiger partial charge in [-0.1, -0.05) is 18.9 Å². The Morgan fingerprint density at radius 3 is 2.61 bits per heavy atom. The number of methoxy groups -OCH3 is 1. The van der Waals surface area contributed by atoms with E-state index in [1.807, 2.05) is 11.8 Å². The lowest BCUT2D eigenvalue weighted by Gasteiger charge is -2.40. The standard InChI is InChI=1S/C20H24F2N2O3S/c1-12-17(19(25)27-10-9-26-2)18(13-7-8-15(21)16(22)11-13)23-20(28)24(12)14-5-3-4-6-14/h7-8,11,14,18H,3-6,9-10H2,1-2H3,(H,23,28)/t18-/m0/s1. The molecule has 28 heavy (non-hydrogen) atoms. The molecule has 1 aromatic carbocycles. The summed E-state index contributed by atoms with van der Waals surface area (Å²) in [7, 11) is 1.52. The van der Waals surface area contributed by atoms with E-state index in [-0.39, 0.29) is 19.3 Å². The number of hydrogen-bond donors (Lipinski definition) is 1. The molecule has 1 N–H and O–H groups in total. The van der Waals surface area contributed by atoms with Crippen molar-refractivity contribution in [3.8, 4) is 0 Å². The highest BCUT2D eigenvalue weighted by Gasteiger charge is 2.38. The maximum Gasteiger partial charge on any atom is 0.338 e. The molecule has 1 aromatic rings. The van der Waals surface area contributed by atoms with Crippen LogP contribution in [-0.2, 0) is 14.3 Å². The Labute approximate surface area is 168 Å². The summed E-state index contributed by atoms with van der Waals surface area (Å²) in [5.41, 5.74) is 1.45. The molecule has 8 heteroatoms. The topological polar surface area (TPSA) is 50.8 Å². The predicted molar refractivity (Wildman–Crippen MR) is 104 cm³/mol. The van der Waals surface area contributed by atoms with Crippen molar-refractivity contribution in [1.82, 2.24) is 10.2 Å². The smallest absolute Gasteiger partial charge is 0.338 e. The minimum Gasteiger partial charge on any atom is -0.460 e. The van der Waals surface area contributed by atoms with Crippen LogP contribution in [0.4, 0.5) is 8.78 Å². The van der Waals surface area contributed by atoms with E-state index in [2.05, 4.69) is 5.32 Å². The molecule has 1 fully saturated rings. The van der Waals surface area contributed by atoms with Gasteiger partial charge in [-0.3, -0.25) is 0 Å². The first-order valence-corrected chi connectivity index (χ1v) is 9.76. The Hall–Kier alpha value is -2.06. The van der Waals surface area contributed by atoms with Crippen molar-refractivity contribution in [2.24, 2.45) is 0 Å². The predicted octanol–water partition coefficient (Wildman–Crippen LogP) is 3.60. The number of allylic oxidation sites excluding steroid dienone is 1. The Balaban J connectivity index is 2.00. The summed E-state index contributed by atoms with van der Waals surface area (Å²) in [4.78, 5) is 14.8. The average molecular weight is 410 g/mol. The van der Waals surface area contributed by atoms with Gasteiger partial charge in [-0.15, -0.1) is 0 Å². The second-order valence-electron chi connectivity index (χ2n) is 6.99. The van der Waals surface area contributed by atoms with Crippen molar-refractivity contribution >= 4 is 23.3 Å². The third-order valence-electron chi connectivity index (χ3n) is 5.23. The molecular weight excluding hydrogens is 386 g/mol. The Morgan fingerprint density at radius 1 is 1.25 bits per heavy atom. The molecule has 0 bridgehead atoms. The van der Waals surface area contributed by atoms with Crippen LogP contribution in [0.25, 0.3) is 0 Å². The van der Waals surface area contributed by atoms with Gasteiger partial charge in [0.2, 0.25) is 0 Å². The lowest BCUT2D eigenvalue weighted by Crippen LogP contribution is -2.51. The number of carbonyl (C=O) groups excluding carboxylic acids is 1. The monoisotopic (exact) mass is 410 g/mol. The first kappa shape index (κ1) is 20.7. The lowest BCUT2D eigenvalue weighted by molar-refractivity contribution is -0.140. The van der Waals surface area contributed by atoms with Crippen molar-refractivity contribution in [3.63, 3.8) is 0 Å². The number of ether oxygens (including phenoxy) is 2. The number of thiocarbonyl (C=S) groups is 1. The molecule has 3 rings (SSSR count). The molecule has 2 aliphatic rings. The zero-order valence-corrected chi connectivity index (χ0v) is 16.8. The molecule has 0 amide bonds. The van der Waals surface area contributed by atoms with Crippen molar-refractivity contribution in [2.75, 3.05) is 20.3 Å². The summed E-state index contributed by atoms with van der Waals surface area (Å²) < 4.78 is 37.5. The van der Waals surface area contributed by atoms with Gasteiger partial charge in [-0.05, 0) is 49.7 Å². The Bertz CT molecular complexity index is 794. The minimum absolute atomic E-state index is 0.102. The number of esters is 1. The van der Waals surface area contributed by atoms with Gasteiger partial charge in [-0.2, -0.15) is 0 Å². The van der Waals surface area contributed by atoms with E-state index in [0.717, 1.165) is 37.8 Å². The van der Waals surface area contributed by atoms with Crippen LogP contribution in [0.3, 0.4) is 0 Å². The summed E-state index contributed by atoms with van der Waals surface area (Å²) in [6.45, 7) is 2.20. The summed E-state index contributed by atoms with van der Waals surface area (Å²) in [5, 5.41) is 3.62. The van der Waals surface area contributed by atoms with E-state index in [4.69, 9.17) is 21.7 Å². The van der Waals surface area contributed by atoms with Crippen LogP contribution in [0.5, 0.6) is 0 Å². The Kier molecular flexibility index (Phi) is 6.61. The van der Waals surface area contributed by atoms with Crippen LogP contribution < -0.4 is 5.32 Å². The van der Waals surface area contributed by atoms with Gasteiger partial charge in [0.25, 0.3) is 0 Å². The normalized spacial score (nSPS) is 20.5. The number of halogens is 2. The summed E-state index contributed by atoms with van der Waals surface area (Å²) >= 11 is 5.56. The lowest BCUT2D eigenvalue weighted by atomic mass is 9.94. The third kappa shape index (κ3) is 4.17. The number of rotatable bonds is 6. The number of hydrogen-bond acceptors (Lipinski definition) is 4. The first-order chi connectivity index (χ1) is 13.4. The fourth-order valence-corrected chi connectivity index (χ4v) is 4.27. The van der Waals surface area contributed by atoms with Crippen molar-refractivity contribution in [3.05, 3.63) is 46.7 Å². The molecule has 152 valence electrons. The van der Waals surface area contributed by atoms with E-state index in [9.17, 15) is 13.6 Å². The highest BCUT2D eigenvalue weighted by atomic mass is 32.1. The second kappa shape index (κ2) is 8.96. The molecule has 5 nitrogen and oxygen atoms in total. The van der Waals surface area contributed by atoms with Crippen LogP contribution >= 0.6 is 12.2 Å². The van der Waals surface area contributed by atoms with Gasteiger partial charge in [0, 0.05) is 18.8 Å². The third-order valence-corrected chi connectivity index (χ3v) is 5.55. The summed E-state index contributed by atoms with van der Waals surface area (Å²) in [6, 6.07) is 3.07. The van der Waals surface area contributed by atoms with Crippen LogP contribution in [0.15, 0.2) is 29.5 Å². The molecule has 0 saturated heterocycles. The zero-order valence-electron chi connectivity index (χ0n) is 16.0. The van der Waals surface area contributed by atoms with Gasteiger partial charge in [0.15, 0.2) is 16.7 Å². The SMILES string of the molecule is COCCOC(=O)C1=C(C)N(C2CCCC2)C(=S)N[C@H]1c1ccc(F)c(F)c1. The Morgan fingerprint density at radius 2 is 1.96 bits per heavy atom. The first-order valence-electron chi connectivity index (χ1n) is 9.35. The molecule has 1 aliphatic carbocycles. The molecule has 1 saturated carbocycles. The van der Waals surface area contributed by atoms with Crippen LogP contribution in [0, 0.1) is 11.6 Å². The van der Waals surface area contributed by atoms with Crippen molar-refractivity contribution in [1.29, 1.82) is 0 Å². The van der Waals surface area contributed by atoms with E-state index in [1.165, 1.54) is 13.2 Å². The molecule has 1 aliphatic heterocycles. The van der Waals surface area contributed by atoms with E-state index in [1.54, 1.807) is 0 Å². The molecule has 1 heterocycles. The number of nitrogens with zero attached hydrogens (tertiary/aromatic N) is 1. The molecular formula is C20H24F2N2O3S. The van der Waals surface area contributed by atoms with Crippen LogP contribution in [-0.4, -0.2) is 42.3 Å². The minimum atomic E-state index is -0.979. The van der Waals surface area contributed by atoms with E-state index >= 15 is 0 Å². The van der Waals surface area contributed by atoms with Gasteiger partial charge in [0.05, 0.1) is 18.2 Å². The number of benzene rings is 1. The van der Waals surface area contributed by atoms with Crippen LogP contribution in [0.1, 0.15) is 44.2 Å². The molecule has 1 atom stereocenters. The van der Waals surface area contributed by atoms with Gasteiger partial charge < -0.3 is 19.7 Å². The fourth-order valence-electron chi connectivity index (χ4n) is 3.86. The highest BCUT2D eigenvalue weighted by molar-refractivity contribution is 7.80. The molecule has 0 aromatic heterocycles. The highest BCUT2D eigenvalue weighted by Crippen LogP contribution is 2.36. The van der Waals surface area contributed by atoms with Crippen molar-refractivity contribution in [2.45, 2.75) is 44.7 Å². The number of carbonyl (C=O) groups is 1. The quantitative estimate of drug-likeness (QED) is 0.439. The molecule has 0 radical (unpaired) electrons. The van der Waals surface area contributed by atoms with Crippen LogP contribution in [0.2, 0.25) is 0 Å². The summed E-state index contributed by atoms with van der Waals surface area (Å²) in [6.07, 6.45) is 4.19. The van der Waals surface area contributed by atoms with Gasteiger partial charge in [-0.25, -0.2) is 13.6 Å². The molecule has 0 spiro atoms.